The summed E-state index contributed by atoms with van der Waals surface area (Å²) in [6, 6.07) is 2.19. The molecule has 9 nitrogen and oxygen atoms in total. The van der Waals surface area contributed by atoms with Crippen molar-refractivity contribution in [2.45, 2.75) is 64.6 Å². The zero-order valence-corrected chi connectivity index (χ0v) is 27.6. The van der Waals surface area contributed by atoms with E-state index in [-0.39, 0.29) is 29.4 Å². The molecule has 0 saturated carbocycles. The Labute approximate surface area is 261 Å². The molecule has 0 unspecified atom stereocenters. The number of alkyl halides is 2. The van der Waals surface area contributed by atoms with Gasteiger partial charge in [-0.25, -0.2) is 13.6 Å². The smallest absolute Gasteiger partial charge is 0.410 e. The first-order valence-corrected chi connectivity index (χ1v) is 15.9. The van der Waals surface area contributed by atoms with Crippen LogP contribution in [-0.2, 0) is 4.74 Å². The second-order valence-corrected chi connectivity index (χ2v) is 14.3. The van der Waals surface area contributed by atoms with E-state index < -0.39 is 18.6 Å². The fourth-order valence-electron chi connectivity index (χ4n) is 5.70. The first-order chi connectivity index (χ1) is 19.3. The molecule has 3 aliphatic rings. The highest BCUT2D eigenvalue weighted by Crippen LogP contribution is 2.45. The molecule has 0 aliphatic carbocycles. The average molecular weight is 752 g/mol. The van der Waals surface area contributed by atoms with Gasteiger partial charge in [-0.15, -0.1) is 0 Å². The number of amides is 1. The summed E-state index contributed by atoms with van der Waals surface area (Å²) in [6.45, 7) is 9.57. The molecular formula is C28H37BrF2IN5O4. The first kappa shape index (κ1) is 30.7. The zero-order chi connectivity index (χ0) is 29.5. The maximum absolute atomic E-state index is 13.2. The van der Waals surface area contributed by atoms with Gasteiger partial charge in [-0.3, -0.25) is 0 Å². The number of fused-ring (bicyclic) bond motifs is 1. The lowest BCUT2D eigenvalue weighted by atomic mass is 9.72. The summed E-state index contributed by atoms with van der Waals surface area (Å²) in [5.41, 5.74) is -0.00677. The molecule has 3 aliphatic heterocycles. The third-order valence-electron chi connectivity index (χ3n) is 7.92. The summed E-state index contributed by atoms with van der Waals surface area (Å²) < 4.78 is 45.2. The van der Waals surface area contributed by atoms with E-state index in [4.69, 9.17) is 24.2 Å². The number of likely N-dealkylation sites (tertiary alicyclic amines) is 2. The minimum Gasteiger partial charge on any atom is -0.484 e. The molecule has 0 bridgehead atoms. The van der Waals surface area contributed by atoms with Crippen LogP contribution in [0.3, 0.4) is 0 Å². The molecule has 41 heavy (non-hydrogen) atoms. The Morgan fingerprint density at radius 2 is 1.83 bits per heavy atom. The Hall–Kier alpha value is -1.74. The predicted octanol–water partition coefficient (Wildman–Crippen LogP) is 5.95. The van der Waals surface area contributed by atoms with Crippen LogP contribution in [0.1, 0.15) is 46.5 Å². The second kappa shape index (κ2) is 12.1. The molecule has 4 heterocycles. The number of anilines is 1. The third kappa shape index (κ3) is 7.09. The van der Waals surface area contributed by atoms with Crippen LogP contribution in [0.25, 0.3) is 10.9 Å². The molecule has 226 valence electrons. The molecule has 0 radical (unpaired) electrons. The minimum absolute atomic E-state index is 0.0207. The number of halogens is 4. The molecule has 1 spiro atoms. The molecular weight excluding hydrogens is 715 g/mol. The molecule has 3 saturated heterocycles. The van der Waals surface area contributed by atoms with Gasteiger partial charge in [0.2, 0.25) is 0 Å². The van der Waals surface area contributed by atoms with E-state index >= 15 is 0 Å². The third-order valence-corrected chi connectivity index (χ3v) is 10.3. The Balaban J connectivity index is 1.40. The molecule has 3 fully saturated rings. The molecule has 1 aromatic carbocycles. The molecule has 0 atom stereocenters. The van der Waals surface area contributed by atoms with Crippen LogP contribution in [0.2, 0.25) is 0 Å². The number of aromatic nitrogens is 2. The van der Waals surface area contributed by atoms with Gasteiger partial charge in [0.1, 0.15) is 29.6 Å². The molecule has 0 N–H and O–H groups in total. The number of piperidine rings is 2. The van der Waals surface area contributed by atoms with Crippen LogP contribution in [-0.4, -0.2) is 96.9 Å². The monoisotopic (exact) mass is 751 g/mol. The largest absolute Gasteiger partial charge is 0.484 e. The summed E-state index contributed by atoms with van der Waals surface area (Å²) in [7, 11) is 2.09. The van der Waals surface area contributed by atoms with E-state index in [1.165, 1.54) is 0 Å². The van der Waals surface area contributed by atoms with Gasteiger partial charge in [-0.05, 0) is 98.1 Å². The van der Waals surface area contributed by atoms with Crippen LogP contribution < -0.4 is 14.4 Å². The lowest BCUT2D eigenvalue weighted by Gasteiger charge is -2.53. The summed E-state index contributed by atoms with van der Waals surface area (Å²) in [5.74, 6) is 0.980. The van der Waals surface area contributed by atoms with Crippen molar-refractivity contribution in [3.63, 3.8) is 0 Å². The number of carbonyl (C=O) groups excluding carboxylic acids is 1. The number of hydrogen-bond donors (Lipinski definition) is 0. The quantitative estimate of drug-likeness (QED) is 0.336. The number of rotatable bonds is 6. The van der Waals surface area contributed by atoms with E-state index in [2.05, 4.69) is 55.4 Å². The van der Waals surface area contributed by atoms with Gasteiger partial charge in [0, 0.05) is 53.6 Å². The Morgan fingerprint density at radius 1 is 1.17 bits per heavy atom. The van der Waals surface area contributed by atoms with Gasteiger partial charge < -0.3 is 28.9 Å². The first-order valence-electron chi connectivity index (χ1n) is 14.0. The Bertz CT molecular complexity index is 1270. The van der Waals surface area contributed by atoms with Crippen molar-refractivity contribution in [3.05, 3.63) is 14.1 Å². The fourth-order valence-corrected chi connectivity index (χ4v) is 6.67. The van der Waals surface area contributed by atoms with Gasteiger partial charge in [0.05, 0.1) is 4.47 Å². The number of ether oxygens (including phenoxy) is 3. The van der Waals surface area contributed by atoms with Crippen LogP contribution in [0.15, 0.2) is 10.5 Å². The van der Waals surface area contributed by atoms with E-state index in [1.807, 2.05) is 26.8 Å². The van der Waals surface area contributed by atoms with Gasteiger partial charge >= 0.3 is 12.1 Å². The van der Waals surface area contributed by atoms with Crippen molar-refractivity contribution in [2.24, 2.45) is 5.41 Å². The van der Waals surface area contributed by atoms with Crippen molar-refractivity contribution < 1.29 is 27.8 Å². The lowest BCUT2D eigenvalue weighted by Crippen LogP contribution is -2.62. The normalized spacial score (nSPS) is 20.0. The number of benzene rings is 1. The van der Waals surface area contributed by atoms with Gasteiger partial charge in [0.25, 0.3) is 6.43 Å². The van der Waals surface area contributed by atoms with E-state index in [1.54, 1.807) is 4.90 Å². The molecule has 1 aromatic heterocycles. The van der Waals surface area contributed by atoms with Crippen LogP contribution in [0.5, 0.6) is 11.8 Å². The summed E-state index contributed by atoms with van der Waals surface area (Å²) in [6.07, 6.45) is 0.605. The summed E-state index contributed by atoms with van der Waals surface area (Å²) in [4.78, 5) is 28.4. The van der Waals surface area contributed by atoms with Crippen molar-refractivity contribution in [3.8, 4) is 11.8 Å². The van der Waals surface area contributed by atoms with Gasteiger partial charge in [0.15, 0.2) is 5.75 Å². The molecule has 1 amide bonds. The SMILES string of the molecule is CN1CCC(Oc2nc(N3CCC4(CC3)CN(C(=O)OC(C)(C)C)C4)c3cc(I)c(Br)c(OCC(F)F)c3n2)CC1. The topological polar surface area (TPSA) is 80.3 Å². The van der Waals surface area contributed by atoms with Crippen molar-refractivity contribution >= 4 is 61.3 Å². The van der Waals surface area contributed by atoms with E-state index in [0.717, 1.165) is 60.8 Å². The number of carbonyl (C=O) groups is 1. The maximum atomic E-state index is 13.2. The molecule has 13 heteroatoms. The number of nitrogens with zero attached hydrogens (tertiary/aromatic N) is 5. The highest BCUT2D eigenvalue weighted by atomic mass is 127. The standard InChI is InChI=1S/C28H37BrF2IN5O4/c1-27(2,3)41-26(38)37-15-28(16-37)7-11-36(12-8-28)24-18-13-19(32)21(29)23(39-14-20(30)31)22(18)33-25(34-24)40-17-5-9-35(4)10-6-17/h13,17,20H,5-12,14-16H2,1-4H3. The molecule has 5 rings (SSSR count). The van der Waals surface area contributed by atoms with Crippen LogP contribution >= 0.6 is 38.5 Å². The average Bonchev–Trinajstić information content (AvgIpc) is 2.88. The summed E-state index contributed by atoms with van der Waals surface area (Å²) in [5, 5.41) is 0.734. The minimum atomic E-state index is -2.62. The zero-order valence-electron chi connectivity index (χ0n) is 23.9. The van der Waals surface area contributed by atoms with Gasteiger partial charge in [-0.1, -0.05) is 0 Å². The highest BCUT2D eigenvalue weighted by molar-refractivity contribution is 14.1. The van der Waals surface area contributed by atoms with Gasteiger partial charge in [-0.2, -0.15) is 9.97 Å². The molecule has 2 aromatic rings. The maximum Gasteiger partial charge on any atom is 0.410 e. The highest BCUT2D eigenvalue weighted by Gasteiger charge is 2.48. The van der Waals surface area contributed by atoms with E-state index in [9.17, 15) is 13.6 Å². The van der Waals surface area contributed by atoms with E-state index in [0.29, 0.717) is 28.9 Å². The number of hydrogen-bond acceptors (Lipinski definition) is 8. The second-order valence-electron chi connectivity index (χ2n) is 12.4. The van der Waals surface area contributed by atoms with Crippen molar-refractivity contribution in [1.29, 1.82) is 0 Å². The summed E-state index contributed by atoms with van der Waals surface area (Å²) >= 11 is 5.69. The Morgan fingerprint density at radius 3 is 2.44 bits per heavy atom. The fraction of sp³-hybridized carbons (Fsp3) is 0.679. The van der Waals surface area contributed by atoms with Crippen molar-refractivity contribution in [2.75, 3.05) is 57.8 Å². The van der Waals surface area contributed by atoms with Crippen LogP contribution in [0, 0.1) is 8.99 Å². The van der Waals surface area contributed by atoms with Crippen LogP contribution in [0.4, 0.5) is 19.4 Å². The predicted molar refractivity (Wildman–Crippen MR) is 164 cm³/mol. The van der Waals surface area contributed by atoms with Crippen molar-refractivity contribution in [1.82, 2.24) is 19.8 Å². The lowest BCUT2D eigenvalue weighted by molar-refractivity contribution is -0.0434. The Kier molecular flexibility index (Phi) is 9.06.